The molecule has 1 saturated heterocycles. The van der Waals surface area contributed by atoms with Gasteiger partial charge in [0, 0.05) is 6.54 Å². The summed E-state index contributed by atoms with van der Waals surface area (Å²) in [5.74, 6) is -0.976. The van der Waals surface area contributed by atoms with Crippen LogP contribution in [0.25, 0.3) is 0 Å². The molecule has 6 nitrogen and oxygen atoms in total. The minimum absolute atomic E-state index is 0.0668. The average Bonchev–Trinajstić information content (AvgIpc) is 2.95. The van der Waals surface area contributed by atoms with Crippen molar-refractivity contribution in [1.29, 1.82) is 0 Å². The summed E-state index contributed by atoms with van der Waals surface area (Å²) < 4.78 is 27.1. The van der Waals surface area contributed by atoms with Crippen LogP contribution in [0, 0.1) is 6.92 Å². The number of benzene rings is 2. The quantitative estimate of drug-likeness (QED) is 0.567. The number of nitrogens with zero attached hydrogens (tertiary/aromatic N) is 2. The first kappa shape index (κ1) is 19.0. The van der Waals surface area contributed by atoms with Crippen LogP contribution in [0.3, 0.4) is 0 Å². The Hall–Kier alpha value is -2.77. The van der Waals surface area contributed by atoms with Crippen LogP contribution < -0.4 is 4.90 Å². The third-order valence-electron chi connectivity index (χ3n) is 4.42. The third-order valence-corrected chi connectivity index (χ3v) is 6.31. The van der Waals surface area contributed by atoms with Crippen molar-refractivity contribution in [1.82, 2.24) is 4.31 Å². The lowest BCUT2D eigenvalue weighted by molar-refractivity contribution is -0.122. The molecule has 0 N–H and O–H groups in total. The number of rotatable bonds is 6. The molecule has 0 radical (unpaired) electrons. The first-order valence-electron chi connectivity index (χ1n) is 8.47. The van der Waals surface area contributed by atoms with Gasteiger partial charge in [-0.1, -0.05) is 42.0 Å². The van der Waals surface area contributed by atoms with Crippen molar-refractivity contribution >= 4 is 27.5 Å². The molecule has 2 amide bonds. The summed E-state index contributed by atoms with van der Waals surface area (Å²) in [6, 6.07) is 13.7. The van der Waals surface area contributed by atoms with Crippen LogP contribution in [-0.2, 0) is 19.6 Å². The van der Waals surface area contributed by atoms with Crippen LogP contribution >= 0.6 is 0 Å². The van der Waals surface area contributed by atoms with E-state index in [1.165, 1.54) is 18.2 Å². The van der Waals surface area contributed by atoms with Gasteiger partial charge in [-0.05, 0) is 31.2 Å². The Labute approximate surface area is 158 Å². The number of hydrogen-bond donors (Lipinski definition) is 0. The predicted molar refractivity (Wildman–Crippen MR) is 103 cm³/mol. The van der Waals surface area contributed by atoms with E-state index in [2.05, 4.69) is 6.58 Å². The van der Waals surface area contributed by atoms with Crippen molar-refractivity contribution in [3.05, 3.63) is 72.8 Å². The fraction of sp³-hybridized carbons (Fsp3) is 0.200. The predicted octanol–water partition coefficient (Wildman–Crippen LogP) is 2.50. The molecule has 140 valence electrons. The number of carbonyl (C=O) groups is 2. The molecule has 2 aromatic rings. The summed E-state index contributed by atoms with van der Waals surface area (Å²) in [4.78, 5) is 26.6. The minimum Gasteiger partial charge on any atom is -0.274 e. The van der Waals surface area contributed by atoms with Crippen molar-refractivity contribution in [3.8, 4) is 0 Å². The van der Waals surface area contributed by atoms with E-state index in [9.17, 15) is 18.0 Å². The lowest BCUT2D eigenvalue weighted by Gasteiger charge is -2.25. The molecular formula is C20H20N2O4S. The number of sulfonamides is 1. The number of hydrogen-bond acceptors (Lipinski definition) is 4. The third kappa shape index (κ3) is 3.56. The highest BCUT2D eigenvalue weighted by Crippen LogP contribution is 2.29. The molecule has 1 atom stereocenters. The summed E-state index contributed by atoms with van der Waals surface area (Å²) in [6.07, 6.45) is 1.21. The molecule has 1 aliphatic heterocycles. The normalized spacial score (nSPS) is 17.6. The van der Waals surface area contributed by atoms with Crippen molar-refractivity contribution in [2.75, 3.05) is 11.4 Å². The van der Waals surface area contributed by atoms with Gasteiger partial charge in [-0.3, -0.25) is 9.59 Å². The van der Waals surface area contributed by atoms with Crippen molar-refractivity contribution in [2.24, 2.45) is 0 Å². The number of anilines is 1. The van der Waals surface area contributed by atoms with Gasteiger partial charge in [-0.15, -0.1) is 6.58 Å². The largest absolute Gasteiger partial charge is 0.274 e. The molecule has 1 heterocycles. The Balaban J connectivity index is 1.97. The number of imide groups is 1. The van der Waals surface area contributed by atoms with Crippen LogP contribution in [-0.4, -0.2) is 37.1 Å². The van der Waals surface area contributed by atoms with E-state index in [0.717, 1.165) is 14.8 Å². The fourth-order valence-electron chi connectivity index (χ4n) is 3.05. The second kappa shape index (κ2) is 7.46. The first-order chi connectivity index (χ1) is 12.9. The van der Waals surface area contributed by atoms with Gasteiger partial charge in [0.15, 0.2) is 0 Å². The second-order valence-corrected chi connectivity index (χ2v) is 8.19. The van der Waals surface area contributed by atoms with E-state index in [1.807, 2.05) is 6.92 Å². The van der Waals surface area contributed by atoms with E-state index < -0.39 is 27.9 Å². The zero-order valence-corrected chi connectivity index (χ0v) is 15.7. The number of amides is 2. The standard InChI is InChI=1S/C20H20N2O4S/c1-3-13-21(27(25,26)17-7-5-4-6-8-17)18-14-19(23)22(20(18)24)16-11-9-15(2)10-12-16/h3-12,18H,1,13-14H2,2H3. The SMILES string of the molecule is C=CCN(C1CC(=O)N(c2ccc(C)cc2)C1=O)S(=O)(=O)c1ccccc1. The average molecular weight is 384 g/mol. The molecule has 1 unspecified atom stereocenters. The van der Waals surface area contributed by atoms with Crippen LogP contribution in [0.4, 0.5) is 5.69 Å². The van der Waals surface area contributed by atoms with E-state index in [1.54, 1.807) is 42.5 Å². The van der Waals surface area contributed by atoms with Crippen LogP contribution in [0.2, 0.25) is 0 Å². The second-order valence-electron chi connectivity index (χ2n) is 6.30. The molecule has 0 aromatic heterocycles. The van der Waals surface area contributed by atoms with Gasteiger partial charge in [0.2, 0.25) is 15.9 Å². The maximum atomic E-state index is 13.0. The fourth-order valence-corrected chi connectivity index (χ4v) is 4.63. The van der Waals surface area contributed by atoms with E-state index in [4.69, 9.17) is 0 Å². The minimum atomic E-state index is -3.95. The van der Waals surface area contributed by atoms with Gasteiger partial charge in [0.25, 0.3) is 5.91 Å². The Morgan fingerprint density at radius 1 is 1.11 bits per heavy atom. The smallest absolute Gasteiger partial charge is 0.252 e. The molecular weight excluding hydrogens is 364 g/mol. The molecule has 0 saturated carbocycles. The first-order valence-corrected chi connectivity index (χ1v) is 9.91. The van der Waals surface area contributed by atoms with Crippen molar-refractivity contribution < 1.29 is 18.0 Å². The topological polar surface area (TPSA) is 74.8 Å². The Morgan fingerprint density at radius 3 is 2.33 bits per heavy atom. The molecule has 0 bridgehead atoms. The lowest BCUT2D eigenvalue weighted by Crippen LogP contribution is -2.45. The van der Waals surface area contributed by atoms with Gasteiger partial charge in [0.1, 0.15) is 6.04 Å². The molecule has 3 rings (SSSR count). The molecule has 27 heavy (non-hydrogen) atoms. The monoisotopic (exact) mass is 384 g/mol. The van der Waals surface area contributed by atoms with E-state index in [0.29, 0.717) is 5.69 Å². The molecule has 0 aliphatic carbocycles. The lowest BCUT2D eigenvalue weighted by atomic mass is 10.2. The summed E-state index contributed by atoms with van der Waals surface area (Å²) in [5, 5.41) is 0. The van der Waals surface area contributed by atoms with Crippen LogP contribution in [0.15, 0.2) is 72.1 Å². The van der Waals surface area contributed by atoms with Crippen LogP contribution in [0.5, 0.6) is 0 Å². The maximum Gasteiger partial charge on any atom is 0.252 e. The highest BCUT2D eigenvalue weighted by Gasteiger charge is 2.46. The Kier molecular flexibility index (Phi) is 5.25. The molecule has 2 aromatic carbocycles. The van der Waals surface area contributed by atoms with Gasteiger partial charge in [-0.2, -0.15) is 4.31 Å². The molecule has 0 spiro atoms. The number of carbonyl (C=O) groups excluding carboxylic acids is 2. The Morgan fingerprint density at radius 2 is 1.74 bits per heavy atom. The molecule has 1 fully saturated rings. The van der Waals surface area contributed by atoms with Gasteiger partial charge >= 0.3 is 0 Å². The molecule has 7 heteroatoms. The summed E-state index contributed by atoms with van der Waals surface area (Å²) in [5.41, 5.74) is 1.43. The van der Waals surface area contributed by atoms with Crippen molar-refractivity contribution in [3.63, 3.8) is 0 Å². The maximum absolute atomic E-state index is 13.0. The van der Waals surface area contributed by atoms with E-state index in [-0.39, 0.29) is 17.9 Å². The van der Waals surface area contributed by atoms with Gasteiger partial charge in [-0.25, -0.2) is 13.3 Å². The highest BCUT2D eigenvalue weighted by molar-refractivity contribution is 7.89. The Bertz CT molecular complexity index is 969. The van der Waals surface area contributed by atoms with Gasteiger partial charge in [0.05, 0.1) is 17.0 Å². The molecule has 1 aliphatic rings. The van der Waals surface area contributed by atoms with Crippen LogP contribution in [0.1, 0.15) is 12.0 Å². The zero-order valence-electron chi connectivity index (χ0n) is 14.9. The summed E-state index contributed by atoms with van der Waals surface area (Å²) in [7, 11) is -3.95. The summed E-state index contributed by atoms with van der Waals surface area (Å²) >= 11 is 0. The highest BCUT2D eigenvalue weighted by atomic mass is 32.2. The number of aryl methyl sites for hydroxylation is 1. The van der Waals surface area contributed by atoms with Gasteiger partial charge < -0.3 is 0 Å². The van der Waals surface area contributed by atoms with Crippen molar-refractivity contribution in [2.45, 2.75) is 24.3 Å². The van der Waals surface area contributed by atoms with E-state index >= 15 is 0 Å². The summed E-state index contributed by atoms with van der Waals surface area (Å²) in [6.45, 7) is 5.43. The zero-order chi connectivity index (χ0) is 19.6.